The molecule has 0 aliphatic carbocycles. The summed E-state index contributed by atoms with van der Waals surface area (Å²) in [4.78, 5) is 6.80. The predicted octanol–water partition coefficient (Wildman–Crippen LogP) is 1.97. The molecule has 0 radical (unpaired) electrons. The first-order chi connectivity index (χ1) is 8.47. The summed E-state index contributed by atoms with van der Waals surface area (Å²) >= 11 is 0. The molecule has 0 bridgehead atoms. The molecule has 1 aromatic heterocycles. The molecule has 0 saturated carbocycles. The highest BCUT2D eigenvalue weighted by atomic mass is 35.5. The lowest BCUT2D eigenvalue weighted by Gasteiger charge is -2.30. The van der Waals surface area contributed by atoms with E-state index < -0.39 is 0 Å². The van der Waals surface area contributed by atoms with Crippen LogP contribution in [0.1, 0.15) is 45.3 Å². The average molecular weight is 289 g/mol. The van der Waals surface area contributed by atoms with Gasteiger partial charge in [-0.15, -0.1) is 12.4 Å². The molecule has 0 amide bonds. The average Bonchev–Trinajstić information content (AvgIpc) is 2.78. The highest BCUT2D eigenvalue weighted by molar-refractivity contribution is 5.85. The van der Waals surface area contributed by atoms with Gasteiger partial charge in [-0.25, -0.2) is 0 Å². The number of halogens is 1. The van der Waals surface area contributed by atoms with Crippen molar-refractivity contribution in [2.45, 2.75) is 51.6 Å². The third kappa shape index (κ3) is 4.44. The Morgan fingerprint density at radius 3 is 2.47 bits per heavy atom. The van der Waals surface area contributed by atoms with Crippen LogP contribution in [0, 0.1) is 0 Å². The third-order valence-electron chi connectivity index (χ3n) is 3.46. The summed E-state index contributed by atoms with van der Waals surface area (Å²) in [6.07, 6.45) is 2.38. The zero-order valence-corrected chi connectivity index (χ0v) is 13.1. The molecule has 0 spiro atoms. The van der Waals surface area contributed by atoms with Crippen molar-refractivity contribution in [2.75, 3.05) is 20.1 Å². The topological polar surface area (TPSA) is 54.2 Å². The minimum absolute atomic E-state index is 0. The zero-order valence-electron chi connectivity index (χ0n) is 12.3. The molecule has 0 unspecified atom stereocenters. The molecule has 6 heteroatoms. The van der Waals surface area contributed by atoms with E-state index in [2.05, 4.69) is 48.2 Å². The number of nitrogens with one attached hydrogen (secondary N) is 1. The fourth-order valence-corrected chi connectivity index (χ4v) is 2.21. The molecule has 1 aromatic rings. The van der Waals surface area contributed by atoms with E-state index in [0.29, 0.717) is 6.04 Å². The van der Waals surface area contributed by atoms with Crippen molar-refractivity contribution in [3.05, 3.63) is 11.7 Å². The predicted molar refractivity (Wildman–Crippen MR) is 77.6 cm³/mol. The van der Waals surface area contributed by atoms with Gasteiger partial charge >= 0.3 is 0 Å². The first-order valence-corrected chi connectivity index (χ1v) is 6.71. The van der Waals surface area contributed by atoms with E-state index in [1.807, 2.05) is 0 Å². The number of hydrogen-bond acceptors (Lipinski definition) is 5. The molecule has 1 fully saturated rings. The molecule has 1 N–H and O–H groups in total. The Hall–Kier alpha value is -0.650. The summed E-state index contributed by atoms with van der Waals surface area (Å²) in [6, 6.07) is 0.622. The second-order valence-corrected chi connectivity index (χ2v) is 6.16. The van der Waals surface area contributed by atoms with Gasteiger partial charge in [0, 0.05) is 11.5 Å². The molecule has 5 nitrogen and oxygen atoms in total. The highest BCUT2D eigenvalue weighted by Gasteiger charge is 2.23. The Labute approximate surface area is 121 Å². The minimum Gasteiger partial charge on any atom is -0.338 e. The molecule has 0 atom stereocenters. The van der Waals surface area contributed by atoms with Gasteiger partial charge in [-0.3, -0.25) is 4.90 Å². The highest BCUT2D eigenvalue weighted by Crippen LogP contribution is 2.19. The normalized spacial score (nSPS) is 17.5. The van der Waals surface area contributed by atoms with E-state index in [0.717, 1.165) is 31.3 Å². The number of aromatic nitrogens is 2. The summed E-state index contributed by atoms with van der Waals surface area (Å²) in [7, 11) is 2.14. The van der Waals surface area contributed by atoms with E-state index >= 15 is 0 Å². The van der Waals surface area contributed by atoms with Gasteiger partial charge in [0.1, 0.15) is 0 Å². The standard InChI is InChI=1S/C13H24N4O.ClH/c1-13(2,3)12-15-11(18-16-12)9-17(4)10-5-7-14-8-6-10;/h10,14H,5-9H2,1-4H3;1H. The number of rotatable bonds is 3. The molecule has 2 rings (SSSR count). The first-order valence-electron chi connectivity index (χ1n) is 6.71. The van der Waals surface area contributed by atoms with Gasteiger partial charge < -0.3 is 9.84 Å². The van der Waals surface area contributed by atoms with E-state index in [1.165, 1.54) is 12.8 Å². The van der Waals surface area contributed by atoms with Gasteiger partial charge in [-0.1, -0.05) is 25.9 Å². The van der Waals surface area contributed by atoms with Crippen LogP contribution >= 0.6 is 12.4 Å². The van der Waals surface area contributed by atoms with Crippen molar-refractivity contribution >= 4 is 12.4 Å². The van der Waals surface area contributed by atoms with Crippen molar-refractivity contribution in [1.82, 2.24) is 20.4 Å². The molecule has 110 valence electrons. The number of piperidine rings is 1. The number of nitrogens with zero attached hydrogens (tertiary/aromatic N) is 3. The lowest BCUT2D eigenvalue weighted by Crippen LogP contribution is -2.40. The smallest absolute Gasteiger partial charge is 0.240 e. The van der Waals surface area contributed by atoms with Crippen molar-refractivity contribution in [3.63, 3.8) is 0 Å². The van der Waals surface area contributed by atoms with Gasteiger partial charge in [-0.2, -0.15) is 4.98 Å². The van der Waals surface area contributed by atoms with Crippen LogP contribution in [0.4, 0.5) is 0 Å². The van der Waals surface area contributed by atoms with Crippen LogP contribution in [0.5, 0.6) is 0 Å². The molecule has 1 saturated heterocycles. The van der Waals surface area contributed by atoms with E-state index in [1.54, 1.807) is 0 Å². The van der Waals surface area contributed by atoms with E-state index in [4.69, 9.17) is 4.52 Å². The quantitative estimate of drug-likeness (QED) is 0.922. The molecular formula is C13H25ClN4O. The molecule has 0 aromatic carbocycles. The lowest BCUT2D eigenvalue weighted by atomic mass is 9.96. The van der Waals surface area contributed by atoms with Gasteiger partial charge in [0.05, 0.1) is 6.54 Å². The number of hydrogen-bond donors (Lipinski definition) is 1. The van der Waals surface area contributed by atoms with E-state index in [-0.39, 0.29) is 17.8 Å². The van der Waals surface area contributed by atoms with Crippen LogP contribution in [-0.2, 0) is 12.0 Å². The monoisotopic (exact) mass is 288 g/mol. The fourth-order valence-electron chi connectivity index (χ4n) is 2.21. The largest absolute Gasteiger partial charge is 0.338 e. The second kappa shape index (κ2) is 6.68. The van der Waals surface area contributed by atoms with Gasteiger partial charge in [0.25, 0.3) is 0 Å². The van der Waals surface area contributed by atoms with Crippen LogP contribution in [0.3, 0.4) is 0 Å². The maximum absolute atomic E-state index is 5.33. The minimum atomic E-state index is -0.0465. The molecule has 1 aliphatic rings. The third-order valence-corrected chi connectivity index (χ3v) is 3.46. The summed E-state index contributed by atoms with van der Waals surface area (Å²) in [5.41, 5.74) is -0.0465. The van der Waals surface area contributed by atoms with Crippen LogP contribution in [0.25, 0.3) is 0 Å². The Bertz CT molecular complexity index is 382. The fraction of sp³-hybridized carbons (Fsp3) is 0.846. The summed E-state index contributed by atoms with van der Waals surface area (Å²) in [5.74, 6) is 1.51. The molecule has 19 heavy (non-hydrogen) atoms. The van der Waals surface area contributed by atoms with Gasteiger partial charge in [0.15, 0.2) is 5.82 Å². The summed E-state index contributed by atoms with van der Waals surface area (Å²) in [5, 5.41) is 7.44. The van der Waals surface area contributed by atoms with Crippen molar-refractivity contribution in [1.29, 1.82) is 0 Å². The maximum atomic E-state index is 5.33. The van der Waals surface area contributed by atoms with Gasteiger partial charge in [0.2, 0.25) is 5.89 Å². The molecule has 1 aliphatic heterocycles. The van der Waals surface area contributed by atoms with Crippen LogP contribution in [-0.4, -0.2) is 41.2 Å². The Morgan fingerprint density at radius 2 is 1.95 bits per heavy atom. The Balaban J connectivity index is 0.00000180. The van der Waals surface area contributed by atoms with Crippen LogP contribution in [0.15, 0.2) is 4.52 Å². The van der Waals surface area contributed by atoms with Gasteiger partial charge in [-0.05, 0) is 33.0 Å². The van der Waals surface area contributed by atoms with Crippen molar-refractivity contribution < 1.29 is 4.52 Å². The molecular weight excluding hydrogens is 264 g/mol. The van der Waals surface area contributed by atoms with Crippen molar-refractivity contribution in [2.24, 2.45) is 0 Å². The Morgan fingerprint density at radius 1 is 1.32 bits per heavy atom. The van der Waals surface area contributed by atoms with Crippen molar-refractivity contribution in [3.8, 4) is 0 Å². The maximum Gasteiger partial charge on any atom is 0.240 e. The first kappa shape index (κ1) is 16.4. The molecule has 2 heterocycles. The van der Waals surface area contributed by atoms with E-state index in [9.17, 15) is 0 Å². The summed E-state index contributed by atoms with van der Waals surface area (Å²) in [6.45, 7) is 9.24. The second-order valence-electron chi connectivity index (χ2n) is 6.16. The zero-order chi connectivity index (χ0) is 13.2. The van der Waals surface area contributed by atoms with Crippen LogP contribution in [0.2, 0.25) is 0 Å². The van der Waals surface area contributed by atoms with Crippen LogP contribution < -0.4 is 5.32 Å². The summed E-state index contributed by atoms with van der Waals surface area (Å²) < 4.78 is 5.33. The Kier molecular flexibility index (Phi) is 5.77. The SMILES string of the molecule is CN(Cc1nc(C(C)(C)C)no1)C1CCNCC1.Cl. The lowest BCUT2D eigenvalue weighted by molar-refractivity contribution is 0.170.